The first-order valence-corrected chi connectivity index (χ1v) is 8.96. The molecule has 138 valence electrons. The van der Waals surface area contributed by atoms with E-state index in [0.717, 1.165) is 0 Å². The Morgan fingerprint density at radius 3 is 2.41 bits per heavy atom. The number of carbonyl (C=O) groups excluding carboxylic acids is 3. The summed E-state index contributed by atoms with van der Waals surface area (Å²) in [4.78, 5) is 36.2. The van der Waals surface area contributed by atoms with E-state index < -0.39 is 23.9 Å². The molecule has 0 aliphatic carbocycles. The van der Waals surface area contributed by atoms with E-state index in [0.29, 0.717) is 21.8 Å². The van der Waals surface area contributed by atoms with Gasteiger partial charge in [0.25, 0.3) is 5.91 Å². The number of nitrogens with two attached hydrogens (primary N) is 1. The molecule has 3 N–H and O–H groups in total. The van der Waals surface area contributed by atoms with Crippen LogP contribution in [0.4, 0.5) is 5.69 Å². The fraction of sp³-hybridized carbons (Fsp3) is 0.105. The molecule has 27 heavy (non-hydrogen) atoms. The molecular formula is C19H17N3O4S. The molecular weight excluding hydrogens is 366 g/mol. The number of rotatable bonds is 6. The van der Waals surface area contributed by atoms with E-state index in [1.54, 1.807) is 22.1 Å². The molecule has 0 aliphatic heterocycles. The highest BCUT2D eigenvalue weighted by atomic mass is 32.1. The van der Waals surface area contributed by atoms with Crippen molar-refractivity contribution < 1.29 is 19.1 Å². The maximum Gasteiger partial charge on any atom is 0.351 e. The van der Waals surface area contributed by atoms with Gasteiger partial charge in [-0.25, -0.2) is 4.79 Å². The number of carbonyl (C=O) groups is 3. The summed E-state index contributed by atoms with van der Waals surface area (Å²) in [5.41, 5.74) is 6.68. The lowest BCUT2D eigenvalue weighted by atomic mass is 10.2. The molecule has 0 saturated carbocycles. The van der Waals surface area contributed by atoms with Gasteiger partial charge < -0.3 is 20.4 Å². The van der Waals surface area contributed by atoms with Gasteiger partial charge in [-0.3, -0.25) is 9.59 Å². The zero-order valence-electron chi connectivity index (χ0n) is 14.4. The second kappa shape index (κ2) is 7.88. The molecule has 0 unspecified atom stereocenters. The molecule has 0 spiro atoms. The standard InChI is InChI=1S/C19H17N3O4S/c1-12(18(24)21-14-6-4-13(5-7-14)17(20)23)26-19(25)16-15(8-11-27-16)22-9-2-3-10-22/h2-12H,1H3,(H2,20,23)(H,21,24)/t12-/m1/s1. The third-order valence-corrected chi connectivity index (χ3v) is 4.69. The van der Waals surface area contributed by atoms with Crippen LogP contribution in [0.1, 0.15) is 27.0 Å². The van der Waals surface area contributed by atoms with Gasteiger partial charge in [0.2, 0.25) is 5.91 Å². The SMILES string of the molecule is C[C@@H](OC(=O)c1sccc1-n1cccc1)C(=O)Nc1ccc(C(N)=O)cc1. The minimum atomic E-state index is -0.993. The topological polar surface area (TPSA) is 103 Å². The quantitative estimate of drug-likeness (QED) is 0.639. The highest BCUT2D eigenvalue weighted by Gasteiger charge is 2.22. The van der Waals surface area contributed by atoms with Gasteiger partial charge in [-0.05, 0) is 54.8 Å². The Labute approximate surface area is 159 Å². The Kier molecular flexibility index (Phi) is 5.37. The smallest absolute Gasteiger partial charge is 0.351 e. The van der Waals surface area contributed by atoms with E-state index >= 15 is 0 Å². The van der Waals surface area contributed by atoms with Crippen LogP contribution in [0.3, 0.4) is 0 Å². The molecule has 0 radical (unpaired) electrons. The van der Waals surface area contributed by atoms with Gasteiger partial charge in [-0.1, -0.05) is 0 Å². The van der Waals surface area contributed by atoms with Crippen molar-refractivity contribution >= 4 is 34.8 Å². The van der Waals surface area contributed by atoms with Crippen LogP contribution in [0.25, 0.3) is 5.69 Å². The molecule has 0 saturated heterocycles. The number of primary amides is 1. The Hall–Kier alpha value is -3.39. The fourth-order valence-corrected chi connectivity index (χ4v) is 3.15. The first kappa shape index (κ1) is 18.4. The van der Waals surface area contributed by atoms with Crippen LogP contribution < -0.4 is 11.1 Å². The zero-order chi connectivity index (χ0) is 19.4. The largest absolute Gasteiger partial charge is 0.448 e. The Balaban J connectivity index is 1.64. The molecule has 3 rings (SSSR count). The van der Waals surface area contributed by atoms with E-state index in [4.69, 9.17) is 10.5 Å². The van der Waals surface area contributed by atoms with Gasteiger partial charge in [0.15, 0.2) is 6.10 Å². The van der Waals surface area contributed by atoms with Crippen LogP contribution in [-0.4, -0.2) is 28.5 Å². The summed E-state index contributed by atoms with van der Waals surface area (Å²) in [6.45, 7) is 1.49. The molecule has 8 heteroatoms. The number of anilines is 1. The highest BCUT2D eigenvalue weighted by Crippen LogP contribution is 2.23. The average Bonchev–Trinajstić information content (AvgIpc) is 3.33. The van der Waals surface area contributed by atoms with Crippen molar-refractivity contribution in [1.82, 2.24) is 4.57 Å². The second-order valence-corrected chi connectivity index (χ2v) is 6.62. The van der Waals surface area contributed by atoms with Crippen LogP contribution in [0, 0.1) is 0 Å². The molecule has 2 aromatic heterocycles. The first-order chi connectivity index (χ1) is 13.0. The molecule has 1 aromatic carbocycles. The Bertz CT molecular complexity index is 961. The lowest BCUT2D eigenvalue weighted by molar-refractivity contribution is -0.123. The predicted octanol–water partition coefficient (Wildman–Crippen LogP) is 2.82. The summed E-state index contributed by atoms with van der Waals surface area (Å²) in [5.74, 6) is -1.60. The number of hydrogen-bond acceptors (Lipinski definition) is 5. The number of amides is 2. The molecule has 0 fully saturated rings. The molecule has 0 bridgehead atoms. The summed E-state index contributed by atoms with van der Waals surface area (Å²) in [7, 11) is 0. The molecule has 0 aliphatic rings. The summed E-state index contributed by atoms with van der Waals surface area (Å²) in [6, 6.07) is 11.6. The van der Waals surface area contributed by atoms with Crippen molar-refractivity contribution in [2.24, 2.45) is 5.73 Å². The van der Waals surface area contributed by atoms with Gasteiger partial charge in [-0.2, -0.15) is 0 Å². The number of ether oxygens (including phenoxy) is 1. The number of aromatic nitrogens is 1. The van der Waals surface area contributed by atoms with Gasteiger partial charge in [0, 0.05) is 23.6 Å². The van der Waals surface area contributed by atoms with Crippen LogP contribution >= 0.6 is 11.3 Å². The van der Waals surface area contributed by atoms with Gasteiger partial charge in [0.1, 0.15) is 4.88 Å². The molecule has 2 heterocycles. The normalized spacial score (nSPS) is 11.6. The maximum atomic E-state index is 12.5. The highest BCUT2D eigenvalue weighted by molar-refractivity contribution is 7.12. The summed E-state index contributed by atoms with van der Waals surface area (Å²) >= 11 is 1.25. The minimum Gasteiger partial charge on any atom is -0.448 e. The molecule has 7 nitrogen and oxygen atoms in total. The average molecular weight is 383 g/mol. The molecule has 1 atom stereocenters. The van der Waals surface area contributed by atoms with Gasteiger partial charge >= 0.3 is 5.97 Å². The number of nitrogens with zero attached hydrogens (tertiary/aromatic N) is 1. The Morgan fingerprint density at radius 2 is 1.78 bits per heavy atom. The van der Waals surface area contributed by atoms with Gasteiger partial charge in [0.05, 0.1) is 5.69 Å². The third-order valence-electron chi connectivity index (χ3n) is 3.80. The van der Waals surface area contributed by atoms with Crippen LogP contribution in [0.2, 0.25) is 0 Å². The number of hydrogen-bond donors (Lipinski definition) is 2. The molecule has 3 aromatic rings. The van der Waals surface area contributed by atoms with E-state index in [-0.39, 0.29) is 0 Å². The van der Waals surface area contributed by atoms with Crippen molar-refractivity contribution in [3.63, 3.8) is 0 Å². The van der Waals surface area contributed by atoms with Crippen molar-refractivity contribution in [1.29, 1.82) is 0 Å². The van der Waals surface area contributed by atoms with Crippen molar-refractivity contribution in [2.45, 2.75) is 13.0 Å². The summed E-state index contributed by atoms with van der Waals surface area (Å²) in [6.07, 6.45) is 2.66. The predicted molar refractivity (Wildman–Crippen MR) is 102 cm³/mol. The second-order valence-electron chi connectivity index (χ2n) is 5.70. The number of thiophene rings is 1. The van der Waals surface area contributed by atoms with Crippen molar-refractivity contribution in [2.75, 3.05) is 5.32 Å². The zero-order valence-corrected chi connectivity index (χ0v) is 15.2. The first-order valence-electron chi connectivity index (χ1n) is 8.08. The van der Waals surface area contributed by atoms with E-state index in [9.17, 15) is 14.4 Å². The summed E-state index contributed by atoms with van der Waals surface area (Å²) < 4.78 is 7.11. The minimum absolute atomic E-state index is 0.336. The van der Waals surface area contributed by atoms with Crippen LogP contribution in [0.5, 0.6) is 0 Å². The lowest BCUT2D eigenvalue weighted by Gasteiger charge is -2.14. The summed E-state index contributed by atoms with van der Waals surface area (Å²) in [5, 5.41) is 4.42. The van der Waals surface area contributed by atoms with Crippen molar-refractivity contribution in [3.8, 4) is 5.69 Å². The maximum absolute atomic E-state index is 12.5. The monoisotopic (exact) mass is 383 g/mol. The van der Waals surface area contributed by atoms with E-state index in [1.807, 2.05) is 30.6 Å². The Morgan fingerprint density at radius 1 is 1.11 bits per heavy atom. The lowest BCUT2D eigenvalue weighted by Crippen LogP contribution is -2.30. The van der Waals surface area contributed by atoms with E-state index in [2.05, 4.69) is 5.32 Å². The van der Waals surface area contributed by atoms with Crippen molar-refractivity contribution in [3.05, 3.63) is 70.7 Å². The van der Waals surface area contributed by atoms with Crippen LogP contribution in [-0.2, 0) is 9.53 Å². The van der Waals surface area contributed by atoms with Gasteiger partial charge in [-0.15, -0.1) is 11.3 Å². The van der Waals surface area contributed by atoms with Crippen LogP contribution in [0.15, 0.2) is 60.2 Å². The number of nitrogens with one attached hydrogen (secondary N) is 1. The number of benzene rings is 1. The van der Waals surface area contributed by atoms with E-state index in [1.165, 1.54) is 30.4 Å². The third kappa shape index (κ3) is 4.24. The number of esters is 1. The molecule has 2 amide bonds. The fourth-order valence-electron chi connectivity index (χ4n) is 2.38.